The lowest BCUT2D eigenvalue weighted by Crippen LogP contribution is -2.31. The van der Waals surface area contributed by atoms with Crippen molar-refractivity contribution in [1.82, 2.24) is 15.0 Å². The summed E-state index contributed by atoms with van der Waals surface area (Å²) in [5.41, 5.74) is 1.81. The lowest BCUT2D eigenvalue weighted by atomic mass is 10.2. The maximum absolute atomic E-state index is 12.5. The van der Waals surface area contributed by atoms with E-state index in [0.29, 0.717) is 18.3 Å². The van der Waals surface area contributed by atoms with E-state index in [9.17, 15) is 4.79 Å². The SMILES string of the molecule is O=C(OCc1ccccc1)N1CCCC1c1nc(-c2cccc(Br)c2)no1. The quantitative estimate of drug-likeness (QED) is 0.587. The maximum Gasteiger partial charge on any atom is 0.410 e. The largest absolute Gasteiger partial charge is 0.445 e. The minimum Gasteiger partial charge on any atom is -0.445 e. The van der Waals surface area contributed by atoms with Crippen LogP contribution in [0.15, 0.2) is 63.6 Å². The van der Waals surface area contributed by atoms with Crippen molar-refractivity contribution in [2.24, 2.45) is 0 Å². The molecule has 1 amide bonds. The molecule has 1 fully saturated rings. The highest BCUT2D eigenvalue weighted by Gasteiger charge is 2.35. The van der Waals surface area contributed by atoms with Gasteiger partial charge in [0.05, 0.1) is 0 Å². The topological polar surface area (TPSA) is 68.5 Å². The number of rotatable bonds is 4. The lowest BCUT2D eigenvalue weighted by Gasteiger charge is -2.21. The van der Waals surface area contributed by atoms with Gasteiger partial charge in [0, 0.05) is 16.6 Å². The number of carbonyl (C=O) groups is 1. The average Bonchev–Trinajstić information content (AvgIpc) is 3.36. The van der Waals surface area contributed by atoms with E-state index in [1.165, 1.54) is 0 Å². The molecule has 0 aliphatic carbocycles. The van der Waals surface area contributed by atoms with E-state index in [2.05, 4.69) is 26.1 Å². The Morgan fingerprint density at radius 2 is 2.07 bits per heavy atom. The molecule has 0 saturated carbocycles. The van der Waals surface area contributed by atoms with Crippen molar-refractivity contribution >= 4 is 22.0 Å². The second kappa shape index (κ2) is 7.92. The summed E-state index contributed by atoms with van der Waals surface area (Å²) in [6, 6.07) is 17.1. The zero-order valence-electron chi connectivity index (χ0n) is 14.5. The van der Waals surface area contributed by atoms with Crippen LogP contribution in [0.25, 0.3) is 11.4 Å². The number of nitrogens with zero attached hydrogens (tertiary/aromatic N) is 3. The van der Waals surface area contributed by atoms with Crippen molar-refractivity contribution in [3.8, 4) is 11.4 Å². The molecule has 0 radical (unpaired) electrons. The molecular weight excluding hydrogens is 410 g/mol. The van der Waals surface area contributed by atoms with Gasteiger partial charge in [-0.2, -0.15) is 4.98 Å². The van der Waals surface area contributed by atoms with Gasteiger partial charge in [-0.05, 0) is 30.5 Å². The molecule has 0 N–H and O–H groups in total. The monoisotopic (exact) mass is 427 g/mol. The number of carbonyl (C=O) groups excluding carboxylic acids is 1. The van der Waals surface area contributed by atoms with Gasteiger partial charge >= 0.3 is 6.09 Å². The molecule has 2 heterocycles. The van der Waals surface area contributed by atoms with E-state index < -0.39 is 0 Å². The number of aromatic nitrogens is 2. The van der Waals surface area contributed by atoms with Gasteiger partial charge < -0.3 is 9.26 Å². The van der Waals surface area contributed by atoms with Crippen molar-refractivity contribution in [3.05, 3.63) is 70.5 Å². The van der Waals surface area contributed by atoms with Crippen molar-refractivity contribution in [1.29, 1.82) is 0 Å². The second-order valence-corrected chi connectivity index (χ2v) is 7.27. The van der Waals surface area contributed by atoms with Gasteiger partial charge in [-0.25, -0.2) is 4.79 Å². The van der Waals surface area contributed by atoms with Crippen LogP contribution in [0.4, 0.5) is 4.79 Å². The molecule has 1 unspecified atom stereocenters. The smallest absolute Gasteiger partial charge is 0.410 e. The Balaban J connectivity index is 1.46. The predicted octanol–water partition coefficient (Wildman–Crippen LogP) is 4.97. The standard InChI is InChI=1S/C20H18BrN3O3/c21-16-9-4-8-15(12-16)18-22-19(27-23-18)17-10-5-11-24(17)20(25)26-13-14-6-2-1-3-7-14/h1-4,6-9,12,17H,5,10-11,13H2. The zero-order chi connectivity index (χ0) is 18.6. The Morgan fingerprint density at radius 3 is 2.89 bits per heavy atom. The van der Waals surface area contributed by atoms with Crippen LogP contribution < -0.4 is 0 Å². The van der Waals surface area contributed by atoms with E-state index in [-0.39, 0.29) is 18.7 Å². The summed E-state index contributed by atoms with van der Waals surface area (Å²) < 4.78 is 11.9. The van der Waals surface area contributed by atoms with Crippen LogP contribution in [-0.2, 0) is 11.3 Å². The van der Waals surface area contributed by atoms with E-state index >= 15 is 0 Å². The fraction of sp³-hybridized carbons (Fsp3) is 0.250. The first-order valence-electron chi connectivity index (χ1n) is 8.77. The summed E-state index contributed by atoms with van der Waals surface area (Å²) in [5.74, 6) is 0.954. The third-order valence-corrected chi connectivity index (χ3v) is 5.00. The van der Waals surface area contributed by atoms with Crippen LogP contribution in [0.1, 0.15) is 30.3 Å². The molecule has 1 atom stereocenters. The first kappa shape index (κ1) is 17.7. The Hall–Kier alpha value is -2.67. The molecular formula is C20H18BrN3O3. The Labute approximate surface area is 165 Å². The first-order valence-corrected chi connectivity index (χ1v) is 9.57. The molecule has 1 aliphatic rings. The van der Waals surface area contributed by atoms with Crippen molar-refractivity contribution in [3.63, 3.8) is 0 Å². The first-order chi connectivity index (χ1) is 13.2. The minimum atomic E-state index is -0.358. The molecule has 27 heavy (non-hydrogen) atoms. The molecule has 0 bridgehead atoms. The van der Waals surface area contributed by atoms with Gasteiger partial charge in [-0.15, -0.1) is 0 Å². The van der Waals surface area contributed by atoms with E-state index in [4.69, 9.17) is 9.26 Å². The molecule has 0 spiro atoms. The van der Waals surface area contributed by atoms with Crippen LogP contribution in [-0.4, -0.2) is 27.7 Å². The summed E-state index contributed by atoms with van der Waals surface area (Å²) >= 11 is 3.44. The summed E-state index contributed by atoms with van der Waals surface area (Å²) in [5, 5.41) is 4.07. The normalized spacial score (nSPS) is 16.5. The molecule has 1 saturated heterocycles. The average molecular weight is 428 g/mol. The zero-order valence-corrected chi connectivity index (χ0v) is 16.1. The highest BCUT2D eigenvalue weighted by molar-refractivity contribution is 9.10. The van der Waals surface area contributed by atoms with E-state index in [1.54, 1.807) is 4.90 Å². The second-order valence-electron chi connectivity index (χ2n) is 6.36. The summed E-state index contributed by atoms with van der Waals surface area (Å²) in [6.45, 7) is 0.864. The number of amides is 1. The third-order valence-electron chi connectivity index (χ3n) is 4.50. The number of hydrogen-bond acceptors (Lipinski definition) is 5. The third kappa shape index (κ3) is 4.03. The van der Waals surface area contributed by atoms with Crippen molar-refractivity contribution in [2.75, 3.05) is 6.54 Å². The van der Waals surface area contributed by atoms with Crippen LogP contribution in [0.5, 0.6) is 0 Å². The Kier molecular flexibility index (Phi) is 5.20. The van der Waals surface area contributed by atoms with Gasteiger partial charge in [0.25, 0.3) is 0 Å². The molecule has 6 nitrogen and oxygen atoms in total. The minimum absolute atomic E-state index is 0.246. The fourth-order valence-corrected chi connectivity index (χ4v) is 3.56. The summed E-state index contributed by atoms with van der Waals surface area (Å²) in [6.07, 6.45) is 1.30. The van der Waals surface area contributed by atoms with Gasteiger partial charge in [0.2, 0.25) is 11.7 Å². The summed E-state index contributed by atoms with van der Waals surface area (Å²) in [7, 11) is 0. The Morgan fingerprint density at radius 1 is 1.22 bits per heavy atom. The van der Waals surface area contributed by atoms with Crippen LogP contribution in [0.3, 0.4) is 0 Å². The van der Waals surface area contributed by atoms with Gasteiger partial charge in [-0.1, -0.05) is 63.6 Å². The molecule has 4 rings (SSSR count). The summed E-state index contributed by atoms with van der Waals surface area (Å²) in [4.78, 5) is 18.7. The molecule has 138 valence electrons. The maximum atomic E-state index is 12.5. The lowest BCUT2D eigenvalue weighted by molar-refractivity contribution is 0.0866. The van der Waals surface area contributed by atoms with Crippen LogP contribution in [0, 0.1) is 0 Å². The predicted molar refractivity (Wildman–Crippen MR) is 103 cm³/mol. The number of ether oxygens (including phenoxy) is 1. The van der Waals surface area contributed by atoms with E-state index in [0.717, 1.165) is 28.4 Å². The van der Waals surface area contributed by atoms with E-state index in [1.807, 2.05) is 54.6 Å². The fourth-order valence-electron chi connectivity index (χ4n) is 3.16. The highest BCUT2D eigenvalue weighted by Crippen LogP contribution is 2.33. The molecule has 1 aliphatic heterocycles. The molecule has 1 aromatic heterocycles. The van der Waals surface area contributed by atoms with Crippen LogP contribution in [0.2, 0.25) is 0 Å². The number of likely N-dealkylation sites (tertiary alicyclic amines) is 1. The highest BCUT2D eigenvalue weighted by atomic mass is 79.9. The Bertz CT molecular complexity index is 929. The van der Waals surface area contributed by atoms with Gasteiger partial charge in [0.1, 0.15) is 12.6 Å². The molecule has 7 heteroatoms. The van der Waals surface area contributed by atoms with Crippen molar-refractivity contribution < 1.29 is 14.1 Å². The van der Waals surface area contributed by atoms with Gasteiger partial charge in [0.15, 0.2) is 0 Å². The van der Waals surface area contributed by atoms with Crippen LogP contribution >= 0.6 is 15.9 Å². The van der Waals surface area contributed by atoms with Gasteiger partial charge in [-0.3, -0.25) is 4.90 Å². The molecule has 2 aromatic carbocycles. The van der Waals surface area contributed by atoms with Crippen molar-refractivity contribution in [2.45, 2.75) is 25.5 Å². The number of halogens is 1. The molecule has 3 aromatic rings. The number of benzene rings is 2. The number of hydrogen-bond donors (Lipinski definition) is 0.